The molecule has 39 heavy (non-hydrogen) atoms. The molecular formula is C28H37F3N4O4. The number of alkyl halides is 3. The first-order valence-corrected chi connectivity index (χ1v) is 12.9. The fraction of sp³-hybridized carbons (Fsp3) is 0.500. The third-order valence-electron chi connectivity index (χ3n) is 6.57. The van der Waals surface area contributed by atoms with E-state index in [0.717, 1.165) is 17.7 Å². The van der Waals surface area contributed by atoms with E-state index < -0.39 is 23.8 Å². The minimum absolute atomic E-state index is 0.0676. The normalized spacial score (nSPS) is 18.7. The number of nitrogens with zero attached hydrogens (tertiary/aromatic N) is 2. The highest BCUT2D eigenvalue weighted by Crippen LogP contribution is 2.31. The lowest BCUT2D eigenvalue weighted by atomic mass is 9.99. The fourth-order valence-electron chi connectivity index (χ4n) is 4.43. The Kier molecular flexibility index (Phi) is 9.84. The minimum atomic E-state index is -4.39. The maximum atomic E-state index is 13.5. The first-order valence-electron chi connectivity index (χ1n) is 12.9. The van der Waals surface area contributed by atoms with Crippen LogP contribution in [0.15, 0.2) is 42.5 Å². The third kappa shape index (κ3) is 8.09. The summed E-state index contributed by atoms with van der Waals surface area (Å²) in [6.07, 6.45) is -4.75. The third-order valence-corrected chi connectivity index (χ3v) is 6.57. The van der Waals surface area contributed by atoms with Crippen molar-refractivity contribution in [3.8, 4) is 5.75 Å². The monoisotopic (exact) mass is 550 g/mol. The van der Waals surface area contributed by atoms with E-state index in [-0.39, 0.29) is 36.1 Å². The standard InChI is InChI=1S/C28H37F3N4O4/c1-17(2)32-27(38)33-22-10-11-24-23(12-22)26(37)35(19(4)16-36)13-18(3)25(39-24)15-34(5)14-20-6-8-21(9-7-20)28(29,30)31/h6-12,17-19,25,36H,13-16H2,1-5H3,(H2,32,33,38)/t18-,19-,25-/m1/s1. The maximum Gasteiger partial charge on any atom is 0.416 e. The van der Waals surface area contributed by atoms with Gasteiger partial charge >= 0.3 is 12.2 Å². The van der Waals surface area contributed by atoms with Gasteiger partial charge in [0.1, 0.15) is 11.9 Å². The zero-order valence-electron chi connectivity index (χ0n) is 22.9. The van der Waals surface area contributed by atoms with Crippen molar-refractivity contribution in [2.45, 2.75) is 58.6 Å². The summed E-state index contributed by atoms with van der Waals surface area (Å²) >= 11 is 0. The molecule has 3 atom stereocenters. The van der Waals surface area contributed by atoms with Gasteiger partial charge in [-0.1, -0.05) is 19.1 Å². The van der Waals surface area contributed by atoms with E-state index in [2.05, 4.69) is 10.6 Å². The highest BCUT2D eigenvalue weighted by atomic mass is 19.4. The van der Waals surface area contributed by atoms with Gasteiger partial charge in [-0.25, -0.2) is 4.79 Å². The summed E-state index contributed by atoms with van der Waals surface area (Å²) in [6.45, 7) is 8.33. The van der Waals surface area contributed by atoms with Crippen molar-refractivity contribution in [1.29, 1.82) is 0 Å². The molecule has 0 unspecified atom stereocenters. The van der Waals surface area contributed by atoms with Crippen molar-refractivity contribution in [1.82, 2.24) is 15.1 Å². The molecule has 214 valence electrons. The van der Waals surface area contributed by atoms with Crippen molar-refractivity contribution in [3.63, 3.8) is 0 Å². The molecule has 0 radical (unpaired) electrons. The average molecular weight is 551 g/mol. The Labute approximate surface area is 227 Å². The van der Waals surface area contributed by atoms with E-state index in [4.69, 9.17) is 4.74 Å². The second kappa shape index (κ2) is 12.7. The first-order chi connectivity index (χ1) is 18.3. The lowest BCUT2D eigenvalue weighted by molar-refractivity contribution is -0.137. The molecule has 3 rings (SSSR count). The summed E-state index contributed by atoms with van der Waals surface area (Å²) in [5.74, 6) is -0.0897. The zero-order chi connectivity index (χ0) is 28.9. The van der Waals surface area contributed by atoms with Gasteiger partial charge in [-0.3, -0.25) is 9.69 Å². The van der Waals surface area contributed by atoms with Gasteiger partial charge in [0.05, 0.1) is 23.8 Å². The number of halogens is 3. The van der Waals surface area contributed by atoms with Crippen LogP contribution in [0.5, 0.6) is 5.75 Å². The molecule has 2 aromatic rings. The van der Waals surface area contributed by atoms with Crippen molar-refractivity contribution in [2.24, 2.45) is 5.92 Å². The van der Waals surface area contributed by atoms with Gasteiger partial charge in [0, 0.05) is 37.3 Å². The molecule has 11 heteroatoms. The summed E-state index contributed by atoms with van der Waals surface area (Å²) in [7, 11) is 1.85. The Morgan fingerprint density at radius 1 is 1.18 bits per heavy atom. The second-order valence-electron chi connectivity index (χ2n) is 10.5. The van der Waals surface area contributed by atoms with E-state index in [1.54, 1.807) is 30.0 Å². The molecule has 0 aromatic heterocycles. The number of nitrogens with one attached hydrogen (secondary N) is 2. The minimum Gasteiger partial charge on any atom is -0.488 e. The number of likely N-dealkylation sites (N-methyl/N-ethyl adjacent to an activating group) is 1. The fourth-order valence-corrected chi connectivity index (χ4v) is 4.43. The van der Waals surface area contributed by atoms with E-state index in [9.17, 15) is 27.9 Å². The number of hydrogen-bond acceptors (Lipinski definition) is 5. The van der Waals surface area contributed by atoms with Crippen LogP contribution in [-0.2, 0) is 12.7 Å². The van der Waals surface area contributed by atoms with Gasteiger partial charge in [-0.2, -0.15) is 13.2 Å². The summed E-state index contributed by atoms with van der Waals surface area (Å²) in [6, 6.07) is 9.01. The van der Waals surface area contributed by atoms with Crippen LogP contribution < -0.4 is 15.4 Å². The van der Waals surface area contributed by atoms with Crippen LogP contribution in [0.2, 0.25) is 0 Å². The zero-order valence-corrected chi connectivity index (χ0v) is 22.9. The molecule has 0 saturated carbocycles. The molecule has 1 aliphatic rings. The number of hydrogen-bond donors (Lipinski definition) is 3. The molecule has 3 N–H and O–H groups in total. The molecule has 0 fully saturated rings. The van der Waals surface area contributed by atoms with Crippen molar-refractivity contribution in [3.05, 3.63) is 59.2 Å². The number of rotatable bonds is 8. The van der Waals surface area contributed by atoms with E-state index in [0.29, 0.717) is 31.1 Å². The first kappa shape index (κ1) is 30.2. The number of amides is 3. The Hall–Kier alpha value is -3.31. The van der Waals surface area contributed by atoms with Crippen LogP contribution in [0, 0.1) is 5.92 Å². The van der Waals surface area contributed by atoms with Crippen molar-refractivity contribution in [2.75, 3.05) is 32.1 Å². The number of ether oxygens (including phenoxy) is 1. The van der Waals surface area contributed by atoms with Crippen LogP contribution in [-0.4, -0.2) is 71.8 Å². The summed E-state index contributed by atoms with van der Waals surface area (Å²) in [5.41, 5.74) is 0.719. The summed E-state index contributed by atoms with van der Waals surface area (Å²) in [4.78, 5) is 29.3. The van der Waals surface area contributed by atoms with Crippen LogP contribution in [0.3, 0.4) is 0 Å². The van der Waals surface area contributed by atoms with Gasteiger partial charge in [0.2, 0.25) is 0 Å². The van der Waals surface area contributed by atoms with Crippen LogP contribution >= 0.6 is 0 Å². The largest absolute Gasteiger partial charge is 0.488 e. The lowest BCUT2D eigenvalue weighted by Gasteiger charge is -2.38. The van der Waals surface area contributed by atoms with E-state index >= 15 is 0 Å². The van der Waals surface area contributed by atoms with Crippen molar-refractivity contribution < 1.29 is 32.6 Å². The van der Waals surface area contributed by atoms with Gasteiger partial charge in [0.25, 0.3) is 5.91 Å². The van der Waals surface area contributed by atoms with Crippen LogP contribution in [0.4, 0.5) is 23.7 Å². The predicted octanol–water partition coefficient (Wildman–Crippen LogP) is 4.59. The highest BCUT2D eigenvalue weighted by Gasteiger charge is 2.34. The Bertz CT molecular complexity index is 1140. The Morgan fingerprint density at radius 2 is 1.85 bits per heavy atom. The van der Waals surface area contributed by atoms with Crippen LogP contribution in [0.1, 0.15) is 49.2 Å². The van der Waals surface area contributed by atoms with Crippen LogP contribution in [0.25, 0.3) is 0 Å². The molecule has 3 amide bonds. The number of urea groups is 1. The Morgan fingerprint density at radius 3 is 2.44 bits per heavy atom. The molecular weight excluding hydrogens is 513 g/mol. The number of aliphatic hydroxyl groups is 1. The molecule has 1 aliphatic heterocycles. The number of anilines is 1. The predicted molar refractivity (Wildman–Crippen MR) is 143 cm³/mol. The molecule has 8 nitrogen and oxygen atoms in total. The average Bonchev–Trinajstić information content (AvgIpc) is 2.85. The molecule has 1 heterocycles. The van der Waals surface area contributed by atoms with E-state index in [1.165, 1.54) is 12.1 Å². The molecule has 0 spiro atoms. The van der Waals surface area contributed by atoms with Gasteiger partial charge in [-0.05, 0) is 63.7 Å². The highest BCUT2D eigenvalue weighted by molar-refractivity contribution is 5.99. The quantitative estimate of drug-likeness (QED) is 0.447. The van der Waals surface area contributed by atoms with Crippen molar-refractivity contribution >= 4 is 17.6 Å². The molecule has 0 bridgehead atoms. The Balaban J connectivity index is 1.83. The summed E-state index contributed by atoms with van der Waals surface area (Å²) in [5, 5.41) is 15.3. The number of carbonyl (C=O) groups is 2. The SMILES string of the molecule is CC(C)NC(=O)Nc1ccc2c(c1)C(=O)N([C@H](C)CO)C[C@@H](C)[C@@H](CN(C)Cc1ccc(C(F)(F)F)cc1)O2. The smallest absolute Gasteiger partial charge is 0.416 e. The summed E-state index contributed by atoms with van der Waals surface area (Å²) < 4.78 is 45.1. The lowest BCUT2D eigenvalue weighted by Crippen LogP contribution is -2.49. The number of aliphatic hydroxyl groups excluding tert-OH is 1. The second-order valence-corrected chi connectivity index (χ2v) is 10.5. The van der Waals surface area contributed by atoms with Gasteiger partial charge in [0.15, 0.2) is 0 Å². The maximum absolute atomic E-state index is 13.5. The van der Waals surface area contributed by atoms with Gasteiger partial charge in [-0.15, -0.1) is 0 Å². The number of fused-ring (bicyclic) bond motifs is 1. The molecule has 2 aromatic carbocycles. The number of benzene rings is 2. The molecule has 0 aliphatic carbocycles. The molecule has 0 saturated heterocycles. The van der Waals surface area contributed by atoms with E-state index in [1.807, 2.05) is 32.7 Å². The van der Waals surface area contributed by atoms with Gasteiger partial charge < -0.3 is 25.4 Å². The topological polar surface area (TPSA) is 94.1 Å². The number of carbonyl (C=O) groups excluding carboxylic acids is 2.